The van der Waals surface area contributed by atoms with Gasteiger partial charge in [-0.2, -0.15) is 0 Å². The first kappa shape index (κ1) is 21.2. The third-order valence-electron chi connectivity index (χ3n) is 4.63. The molecule has 0 saturated carbocycles. The number of fused-ring (bicyclic) bond motifs is 1. The lowest BCUT2D eigenvalue weighted by Gasteiger charge is -2.07. The number of aryl methyl sites for hydroxylation is 2. The summed E-state index contributed by atoms with van der Waals surface area (Å²) in [5, 5.41) is 4.17. The van der Waals surface area contributed by atoms with Crippen LogP contribution in [0.1, 0.15) is 12.0 Å². The minimum Gasteiger partial charge on any atom is -0.356 e. The molecule has 29 heavy (non-hydrogen) atoms. The van der Waals surface area contributed by atoms with Gasteiger partial charge in [-0.25, -0.2) is 9.78 Å². The van der Waals surface area contributed by atoms with Crippen molar-refractivity contribution >= 4 is 40.4 Å². The number of halogens is 1. The smallest absolute Gasteiger partial charge is 0.332 e. The van der Waals surface area contributed by atoms with Crippen molar-refractivity contribution in [1.29, 1.82) is 0 Å². The topological polar surface area (TPSA) is 90.9 Å². The standard InChI is InChI=1S/C19H22ClN5O3S/c1-23-16-15(17(27)25(3)19(28)24(16)2)22-18(23)29-11-9-14(26)21-10-8-12-4-6-13(20)7-5-12/h4-7H,8-11H2,1-3H3,(H,21,26). The summed E-state index contributed by atoms with van der Waals surface area (Å²) in [4.78, 5) is 40.8. The number of carbonyl (C=O) groups excluding carboxylic acids is 1. The third kappa shape index (κ3) is 4.56. The summed E-state index contributed by atoms with van der Waals surface area (Å²) in [7, 11) is 4.79. The number of aromatic nitrogens is 4. The van der Waals surface area contributed by atoms with Crippen LogP contribution in [0, 0.1) is 0 Å². The number of hydrogen-bond acceptors (Lipinski definition) is 5. The van der Waals surface area contributed by atoms with E-state index in [0.717, 1.165) is 16.6 Å². The number of thioether (sulfide) groups is 1. The first-order valence-electron chi connectivity index (χ1n) is 9.06. The van der Waals surface area contributed by atoms with E-state index < -0.39 is 11.2 Å². The molecule has 0 spiro atoms. The van der Waals surface area contributed by atoms with Crippen LogP contribution in [0.15, 0.2) is 39.0 Å². The minimum absolute atomic E-state index is 0.0476. The molecule has 8 nitrogen and oxygen atoms in total. The lowest BCUT2D eigenvalue weighted by Crippen LogP contribution is -2.37. The van der Waals surface area contributed by atoms with Crippen LogP contribution in [0.25, 0.3) is 11.2 Å². The molecule has 0 saturated heterocycles. The summed E-state index contributed by atoms with van der Waals surface area (Å²) in [6.45, 7) is 0.551. The molecule has 2 aromatic heterocycles. The number of carbonyl (C=O) groups is 1. The average molecular weight is 436 g/mol. The number of nitrogens with one attached hydrogen (secondary N) is 1. The van der Waals surface area contributed by atoms with Crippen molar-refractivity contribution in [1.82, 2.24) is 24.0 Å². The van der Waals surface area contributed by atoms with Crippen LogP contribution in [0.4, 0.5) is 0 Å². The zero-order chi connectivity index (χ0) is 21.1. The maximum absolute atomic E-state index is 12.3. The van der Waals surface area contributed by atoms with Crippen LogP contribution in [-0.2, 0) is 32.4 Å². The van der Waals surface area contributed by atoms with E-state index >= 15 is 0 Å². The predicted octanol–water partition coefficient (Wildman–Crippen LogP) is 1.47. The molecule has 0 aliphatic heterocycles. The highest BCUT2D eigenvalue weighted by Gasteiger charge is 2.17. The second-order valence-corrected chi connectivity index (χ2v) is 8.15. The van der Waals surface area contributed by atoms with Gasteiger partial charge in [0.05, 0.1) is 0 Å². The fraction of sp³-hybridized carbons (Fsp3) is 0.368. The van der Waals surface area contributed by atoms with Gasteiger partial charge in [-0.3, -0.25) is 18.7 Å². The maximum atomic E-state index is 12.3. The molecule has 1 N–H and O–H groups in total. The summed E-state index contributed by atoms with van der Waals surface area (Å²) in [5.74, 6) is 0.464. The summed E-state index contributed by atoms with van der Waals surface area (Å²) >= 11 is 7.23. The number of benzene rings is 1. The Balaban J connectivity index is 1.56. The van der Waals surface area contributed by atoms with Gasteiger partial charge in [-0.1, -0.05) is 35.5 Å². The highest BCUT2D eigenvalue weighted by atomic mass is 35.5. The molecule has 3 aromatic rings. The van der Waals surface area contributed by atoms with Crippen molar-refractivity contribution in [3.8, 4) is 0 Å². The number of rotatable bonds is 7. The maximum Gasteiger partial charge on any atom is 0.332 e. The van der Waals surface area contributed by atoms with Crippen molar-refractivity contribution < 1.29 is 4.79 Å². The Hall–Kier alpha value is -2.52. The Bertz CT molecular complexity index is 1160. The summed E-state index contributed by atoms with van der Waals surface area (Å²) in [6, 6.07) is 7.53. The van der Waals surface area contributed by atoms with Crippen LogP contribution in [0.3, 0.4) is 0 Å². The average Bonchev–Trinajstić information content (AvgIpc) is 3.03. The quantitative estimate of drug-likeness (QED) is 0.567. The van der Waals surface area contributed by atoms with Gasteiger partial charge < -0.3 is 9.88 Å². The van der Waals surface area contributed by atoms with Crippen LogP contribution >= 0.6 is 23.4 Å². The van der Waals surface area contributed by atoms with E-state index in [4.69, 9.17) is 11.6 Å². The summed E-state index contributed by atoms with van der Waals surface area (Å²) in [6.07, 6.45) is 1.06. The molecule has 0 unspecified atom stereocenters. The van der Waals surface area contributed by atoms with Gasteiger partial charge in [-0.15, -0.1) is 0 Å². The molecule has 3 rings (SSSR count). The summed E-state index contributed by atoms with van der Waals surface area (Å²) < 4.78 is 4.15. The molecule has 0 bridgehead atoms. The van der Waals surface area contributed by atoms with E-state index in [1.165, 1.54) is 23.4 Å². The van der Waals surface area contributed by atoms with E-state index in [1.54, 1.807) is 18.7 Å². The molecule has 0 fully saturated rings. The third-order valence-corrected chi connectivity index (χ3v) is 5.92. The Morgan fingerprint density at radius 1 is 1.10 bits per heavy atom. The fourth-order valence-electron chi connectivity index (χ4n) is 3.01. The molecular formula is C19H22ClN5O3S. The number of amides is 1. The number of hydrogen-bond donors (Lipinski definition) is 1. The summed E-state index contributed by atoms with van der Waals surface area (Å²) in [5.41, 5.74) is 0.989. The zero-order valence-corrected chi connectivity index (χ0v) is 18.0. The largest absolute Gasteiger partial charge is 0.356 e. The van der Waals surface area contributed by atoms with E-state index in [2.05, 4.69) is 10.3 Å². The van der Waals surface area contributed by atoms with Gasteiger partial charge in [0, 0.05) is 44.9 Å². The monoisotopic (exact) mass is 435 g/mol. The van der Waals surface area contributed by atoms with Gasteiger partial charge in [-0.05, 0) is 24.1 Å². The van der Waals surface area contributed by atoms with Crippen molar-refractivity contribution in [2.75, 3.05) is 12.3 Å². The van der Waals surface area contributed by atoms with E-state index in [9.17, 15) is 14.4 Å². The lowest BCUT2D eigenvalue weighted by atomic mass is 10.1. The zero-order valence-electron chi connectivity index (χ0n) is 16.4. The lowest BCUT2D eigenvalue weighted by molar-refractivity contribution is -0.120. The Morgan fingerprint density at radius 2 is 1.79 bits per heavy atom. The van der Waals surface area contributed by atoms with Crippen molar-refractivity contribution in [2.24, 2.45) is 21.1 Å². The Morgan fingerprint density at radius 3 is 2.48 bits per heavy atom. The van der Waals surface area contributed by atoms with Gasteiger partial charge in [0.1, 0.15) is 0 Å². The van der Waals surface area contributed by atoms with Crippen molar-refractivity contribution in [2.45, 2.75) is 18.0 Å². The molecule has 154 valence electrons. The first-order valence-corrected chi connectivity index (χ1v) is 10.4. The van der Waals surface area contributed by atoms with E-state index in [0.29, 0.717) is 34.5 Å². The van der Waals surface area contributed by atoms with E-state index in [1.807, 2.05) is 24.3 Å². The minimum atomic E-state index is -0.425. The van der Waals surface area contributed by atoms with Gasteiger partial charge >= 0.3 is 5.69 Å². The number of imidazole rings is 1. The molecule has 0 radical (unpaired) electrons. The first-order chi connectivity index (χ1) is 13.8. The number of nitrogens with zero attached hydrogens (tertiary/aromatic N) is 4. The second-order valence-electron chi connectivity index (χ2n) is 6.66. The molecule has 0 aliphatic carbocycles. The highest BCUT2D eigenvalue weighted by Crippen LogP contribution is 2.20. The second kappa shape index (κ2) is 8.87. The molecule has 0 aliphatic rings. The van der Waals surface area contributed by atoms with Crippen LogP contribution in [0.2, 0.25) is 5.02 Å². The molecule has 1 amide bonds. The highest BCUT2D eigenvalue weighted by molar-refractivity contribution is 7.99. The van der Waals surface area contributed by atoms with Crippen LogP contribution < -0.4 is 16.6 Å². The van der Waals surface area contributed by atoms with E-state index in [-0.39, 0.29) is 11.4 Å². The van der Waals surface area contributed by atoms with Gasteiger partial charge in [0.2, 0.25) is 5.91 Å². The van der Waals surface area contributed by atoms with Gasteiger partial charge in [0.25, 0.3) is 5.56 Å². The SMILES string of the molecule is Cn1c(=O)c2nc(SCCC(=O)NCCc3ccc(Cl)cc3)n(C)c2n(C)c1=O. The van der Waals surface area contributed by atoms with Crippen LogP contribution in [0.5, 0.6) is 0 Å². The fourth-order valence-corrected chi connectivity index (χ4v) is 4.04. The van der Waals surface area contributed by atoms with Crippen molar-refractivity contribution in [3.05, 3.63) is 55.7 Å². The molecular weight excluding hydrogens is 414 g/mol. The molecule has 0 atom stereocenters. The van der Waals surface area contributed by atoms with Crippen LogP contribution in [-0.4, -0.2) is 36.9 Å². The molecule has 1 aromatic carbocycles. The molecule has 2 heterocycles. The molecule has 10 heteroatoms. The normalized spacial score (nSPS) is 11.2. The predicted molar refractivity (Wildman–Crippen MR) is 115 cm³/mol. The Kier molecular flexibility index (Phi) is 6.49. The van der Waals surface area contributed by atoms with Gasteiger partial charge in [0.15, 0.2) is 16.3 Å². The van der Waals surface area contributed by atoms with Crippen molar-refractivity contribution in [3.63, 3.8) is 0 Å². The Labute approximate surface area is 176 Å².